The van der Waals surface area contributed by atoms with E-state index < -0.39 is 11.2 Å². The summed E-state index contributed by atoms with van der Waals surface area (Å²) < 4.78 is 0. The van der Waals surface area contributed by atoms with Crippen LogP contribution in [-0.4, -0.2) is 17.7 Å². The van der Waals surface area contributed by atoms with E-state index in [0.29, 0.717) is 17.2 Å². The number of anilines is 2. The fraction of sp³-hybridized carbons (Fsp3) is 0.125. The van der Waals surface area contributed by atoms with E-state index in [2.05, 4.69) is 29.8 Å². The van der Waals surface area contributed by atoms with Gasteiger partial charge < -0.3 is 16.0 Å². The molecular formula is C40H37N3O3S. The molecule has 0 saturated carbocycles. The fourth-order valence-corrected chi connectivity index (χ4v) is 5.90. The number of rotatable bonds is 11. The lowest BCUT2D eigenvalue weighted by Gasteiger charge is -2.18. The Bertz CT molecular complexity index is 1850. The maximum atomic E-state index is 13.7. The highest BCUT2D eigenvalue weighted by molar-refractivity contribution is 8.00. The summed E-state index contributed by atoms with van der Waals surface area (Å²) in [6.45, 7) is 6.25. The van der Waals surface area contributed by atoms with Gasteiger partial charge in [-0.1, -0.05) is 110 Å². The molecule has 3 N–H and O–H groups in total. The van der Waals surface area contributed by atoms with Crippen molar-refractivity contribution in [2.24, 2.45) is 0 Å². The van der Waals surface area contributed by atoms with Gasteiger partial charge in [-0.15, -0.1) is 11.8 Å². The van der Waals surface area contributed by atoms with Crippen molar-refractivity contribution >= 4 is 46.9 Å². The van der Waals surface area contributed by atoms with E-state index in [4.69, 9.17) is 0 Å². The average molecular weight is 640 g/mol. The van der Waals surface area contributed by atoms with Crippen molar-refractivity contribution in [2.75, 3.05) is 10.6 Å². The Morgan fingerprint density at radius 1 is 0.660 bits per heavy atom. The number of hydrogen-bond donors (Lipinski definition) is 3. The number of carbonyl (C=O) groups excluding carboxylic acids is 3. The second-order valence-corrected chi connectivity index (χ2v) is 12.6. The third kappa shape index (κ3) is 9.31. The Hall–Kier alpha value is -5.40. The summed E-state index contributed by atoms with van der Waals surface area (Å²) in [4.78, 5) is 41.1. The topological polar surface area (TPSA) is 87.3 Å². The van der Waals surface area contributed by atoms with Crippen molar-refractivity contribution < 1.29 is 14.4 Å². The van der Waals surface area contributed by atoms with Crippen molar-refractivity contribution in [1.29, 1.82) is 0 Å². The number of amides is 3. The highest BCUT2D eigenvalue weighted by Gasteiger charge is 2.23. The van der Waals surface area contributed by atoms with Crippen molar-refractivity contribution in [3.63, 3.8) is 0 Å². The molecule has 3 amide bonds. The summed E-state index contributed by atoms with van der Waals surface area (Å²) in [5.41, 5.74) is 5.71. The smallest absolute Gasteiger partial charge is 0.272 e. The molecule has 1 unspecified atom stereocenters. The number of nitrogens with one attached hydrogen (secondary N) is 3. The molecule has 236 valence electrons. The number of benzene rings is 5. The van der Waals surface area contributed by atoms with E-state index in [1.807, 2.05) is 110 Å². The maximum absolute atomic E-state index is 13.7. The number of aryl methyl sites for hydroxylation is 1. The molecule has 6 nitrogen and oxygen atoms in total. The Kier molecular flexibility index (Phi) is 11.0. The molecule has 5 aromatic rings. The SMILES string of the molecule is Cc1ccc(/C=C(\NC(=O)c2ccccc2)C(=O)Nc2cccc(SC(C(=O)Nc3ccc(C(C)C)cc3)c3ccccc3)c2)cc1. The molecular weight excluding hydrogens is 603 g/mol. The van der Waals surface area contributed by atoms with Crippen molar-refractivity contribution in [3.8, 4) is 0 Å². The lowest BCUT2D eigenvalue weighted by atomic mass is 10.0. The van der Waals surface area contributed by atoms with Gasteiger partial charge >= 0.3 is 0 Å². The van der Waals surface area contributed by atoms with Crippen LogP contribution < -0.4 is 16.0 Å². The van der Waals surface area contributed by atoms with Crippen molar-refractivity contribution in [2.45, 2.75) is 36.8 Å². The first-order valence-corrected chi connectivity index (χ1v) is 16.3. The summed E-state index contributed by atoms with van der Waals surface area (Å²) in [7, 11) is 0. The van der Waals surface area contributed by atoms with E-state index in [0.717, 1.165) is 27.3 Å². The first kappa shape index (κ1) is 33.0. The second-order valence-electron chi connectivity index (χ2n) is 11.4. The zero-order valence-corrected chi connectivity index (χ0v) is 27.4. The third-order valence-corrected chi connectivity index (χ3v) is 8.70. The van der Waals surface area contributed by atoms with Gasteiger partial charge in [0.15, 0.2) is 0 Å². The minimum absolute atomic E-state index is 0.103. The zero-order valence-electron chi connectivity index (χ0n) is 26.6. The van der Waals surface area contributed by atoms with Crippen LogP contribution in [-0.2, 0) is 9.59 Å². The minimum Gasteiger partial charge on any atom is -0.325 e. The second kappa shape index (κ2) is 15.7. The first-order chi connectivity index (χ1) is 22.7. The van der Waals surface area contributed by atoms with Gasteiger partial charge in [-0.3, -0.25) is 14.4 Å². The van der Waals surface area contributed by atoms with Crippen LogP contribution in [0.4, 0.5) is 11.4 Å². The summed E-state index contributed by atoms with van der Waals surface area (Å²) in [6.07, 6.45) is 1.65. The highest BCUT2D eigenvalue weighted by Crippen LogP contribution is 2.37. The summed E-state index contributed by atoms with van der Waals surface area (Å²) >= 11 is 1.39. The lowest BCUT2D eigenvalue weighted by Crippen LogP contribution is -2.30. The van der Waals surface area contributed by atoms with E-state index in [9.17, 15) is 14.4 Å². The van der Waals surface area contributed by atoms with Gasteiger partial charge in [0.25, 0.3) is 11.8 Å². The standard InChI is InChI=1S/C40H37N3O3S/c1-27(2)30-21-23-33(24-22-30)41-40(46)37(31-11-6-4-7-12-31)47-35-16-10-15-34(26-35)42-39(45)36(25-29-19-17-28(3)18-20-29)43-38(44)32-13-8-5-9-14-32/h4-27,37H,1-3H3,(H,41,46)(H,42,45)(H,43,44)/b36-25-. The Morgan fingerprint density at radius 3 is 1.98 bits per heavy atom. The summed E-state index contributed by atoms with van der Waals surface area (Å²) in [5.74, 6) is -0.618. The molecule has 7 heteroatoms. The predicted octanol–water partition coefficient (Wildman–Crippen LogP) is 9.00. The van der Waals surface area contributed by atoms with Crippen LogP contribution in [0.15, 0.2) is 144 Å². The quantitative estimate of drug-likeness (QED) is 0.0995. The molecule has 0 radical (unpaired) electrons. The van der Waals surface area contributed by atoms with Gasteiger partial charge in [0.05, 0.1) is 0 Å². The normalized spacial score (nSPS) is 11.9. The Morgan fingerprint density at radius 2 is 1.32 bits per heavy atom. The van der Waals surface area contributed by atoms with Gasteiger partial charge in [-0.2, -0.15) is 0 Å². The maximum Gasteiger partial charge on any atom is 0.272 e. The van der Waals surface area contributed by atoms with E-state index >= 15 is 0 Å². The van der Waals surface area contributed by atoms with Gasteiger partial charge in [0, 0.05) is 21.8 Å². The van der Waals surface area contributed by atoms with Crippen LogP contribution in [0.5, 0.6) is 0 Å². The average Bonchev–Trinajstić information content (AvgIpc) is 3.09. The molecule has 1 atom stereocenters. The van der Waals surface area contributed by atoms with Crippen LogP contribution in [0.25, 0.3) is 6.08 Å². The molecule has 47 heavy (non-hydrogen) atoms. The Labute approximate surface area is 280 Å². The first-order valence-electron chi connectivity index (χ1n) is 15.4. The van der Waals surface area contributed by atoms with Crippen LogP contribution in [0.3, 0.4) is 0 Å². The predicted molar refractivity (Wildman–Crippen MR) is 192 cm³/mol. The van der Waals surface area contributed by atoms with Crippen LogP contribution in [0, 0.1) is 6.92 Å². The van der Waals surface area contributed by atoms with E-state index in [1.54, 1.807) is 36.4 Å². The van der Waals surface area contributed by atoms with Crippen molar-refractivity contribution in [3.05, 3.63) is 167 Å². The molecule has 0 saturated heterocycles. The van der Waals surface area contributed by atoms with Gasteiger partial charge in [0.2, 0.25) is 5.91 Å². The van der Waals surface area contributed by atoms with Crippen LogP contribution >= 0.6 is 11.8 Å². The van der Waals surface area contributed by atoms with Crippen molar-refractivity contribution in [1.82, 2.24) is 5.32 Å². The summed E-state index contributed by atoms with van der Waals surface area (Å²) in [5, 5.41) is 8.24. The molecule has 5 aromatic carbocycles. The monoisotopic (exact) mass is 639 g/mol. The molecule has 0 aromatic heterocycles. The minimum atomic E-state index is -0.547. The third-order valence-electron chi connectivity index (χ3n) is 7.45. The van der Waals surface area contributed by atoms with Crippen LogP contribution in [0.1, 0.15) is 57.6 Å². The molecule has 0 bridgehead atoms. The van der Waals surface area contributed by atoms with Crippen LogP contribution in [0.2, 0.25) is 0 Å². The van der Waals surface area contributed by atoms with E-state index in [1.165, 1.54) is 17.3 Å². The molecule has 0 aliphatic rings. The number of thioether (sulfide) groups is 1. The number of hydrogen-bond acceptors (Lipinski definition) is 4. The lowest BCUT2D eigenvalue weighted by molar-refractivity contribution is -0.116. The summed E-state index contributed by atoms with van der Waals surface area (Å²) in [6, 6.07) is 41.3. The van der Waals surface area contributed by atoms with Gasteiger partial charge in [-0.05, 0) is 78.1 Å². The molecule has 5 rings (SSSR count). The largest absolute Gasteiger partial charge is 0.325 e. The zero-order chi connectivity index (χ0) is 33.2. The molecule has 0 aliphatic carbocycles. The van der Waals surface area contributed by atoms with E-state index in [-0.39, 0.29) is 17.5 Å². The highest BCUT2D eigenvalue weighted by atomic mass is 32.2. The van der Waals surface area contributed by atoms with Gasteiger partial charge in [0.1, 0.15) is 10.9 Å². The fourth-order valence-electron chi connectivity index (χ4n) is 4.81. The molecule has 0 fully saturated rings. The Balaban J connectivity index is 1.36. The number of carbonyl (C=O) groups is 3. The molecule has 0 heterocycles. The molecule has 0 aliphatic heterocycles. The van der Waals surface area contributed by atoms with Gasteiger partial charge in [-0.25, -0.2) is 0 Å². The molecule has 0 spiro atoms.